The van der Waals surface area contributed by atoms with E-state index in [1.54, 1.807) is 12.1 Å². The lowest BCUT2D eigenvalue weighted by molar-refractivity contribution is 0.434. The topological polar surface area (TPSA) is 75.4 Å². The van der Waals surface area contributed by atoms with E-state index < -0.39 is 10.0 Å². The Bertz CT molecular complexity index is 524. The molecule has 1 aromatic rings. The fraction of sp³-hybridized carbons (Fsp3) is 0.538. The normalized spacial score (nSPS) is 20.2. The van der Waals surface area contributed by atoms with Crippen molar-refractivity contribution in [2.75, 3.05) is 24.5 Å². The van der Waals surface area contributed by atoms with Crippen molar-refractivity contribution in [3.63, 3.8) is 0 Å². The van der Waals surface area contributed by atoms with Crippen LogP contribution >= 0.6 is 0 Å². The number of hydrogen-bond acceptors (Lipinski definition) is 4. The van der Waals surface area contributed by atoms with Crippen LogP contribution in [-0.4, -0.2) is 34.1 Å². The molecule has 1 aromatic carbocycles. The Morgan fingerprint density at radius 3 is 2.74 bits per heavy atom. The highest BCUT2D eigenvalue weighted by Crippen LogP contribution is 2.27. The molecule has 106 valence electrons. The number of sulfonamides is 1. The molecule has 1 saturated heterocycles. The molecule has 0 bridgehead atoms. The van der Waals surface area contributed by atoms with Gasteiger partial charge in [-0.1, -0.05) is 12.1 Å². The van der Waals surface area contributed by atoms with Crippen molar-refractivity contribution in [3.8, 4) is 0 Å². The van der Waals surface area contributed by atoms with Crippen LogP contribution < -0.4 is 15.4 Å². The number of nitrogens with two attached hydrogens (primary N) is 1. The first-order valence-electron chi connectivity index (χ1n) is 6.63. The number of anilines is 1. The van der Waals surface area contributed by atoms with E-state index in [9.17, 15) is 8.42 Å². The Hall–Kier alpha value is -1.11. The van der Waals surface area contributed by atoms with Crippen molar-refractivity contribution in [2.24, 2.45) is 5.14 Å². The van der Waals surface area contributed by atoms with E-state index in [0.717, 1.165) is 32.5 Å². The molecule has 0 radical (unpaired) electrons. The number of nitrogens with one attached hydrogen (secondary N) is 1. The average Bonchev–Trinajstić information content (AvgIpc) is 2.40. The van der Waals surface area contributed by atoms with Gasteiger partial charge in [-0.15, -0.1) is 0 Å². The van der Waals surface area contributed by atoms with Gasteiger partial charge in [-0.05, 0) is 38.4 Å². The van der Waals surface area contributed by atoms with Crippen molar-refractivity contribution < 1.29 is 8.42 Å². The van der Waals surface area contributed by atoms with Gasteiger partial charge in [-0.3, -0.25) is 0 Å². The molecule has 5 nitrogen and oxygen atoms in total. The summed E-state index contributed by atoms with van der Waals surface area (Å²) in [5, 5.41) is 8.66. The molecular weight excluding hydrogens is 262 g/mol. The number of nitrogens with zero attached hydrogens (tertiary/aromatic N) is 1. The van der Waals surface area contributed by atoms with Gasteiger partial charge in [-0.2, -0.15) is 0 Å². The second-order valence-corrected chi connectivity index (χ2v) is 6.33. The van der Waals surface area contributed by atoms with Crippen molar-refractivity contribution in [1.82, 2.24) is 5.32 Å². The number of hydrogen-bond donors (Lipinski definition) is 2. The van der Waals surface area contributed by atoms with E-state index in [4.69, 9.17) is 5.14 Å². The second kappa shape index (κ2) is 5.90. The monoisotopic (exact) mass is 283 g/mol. The highest BCUT2D eigenvalue weighted by atomic mass is 32.2. The molecule has 1 atom stereocenters. The fourth-order valence-corrected chi connectivity index (χ4v) is 3.40. The van der Waals surface area contributed by atoms with Crippen molar-refractivity contribution in [2.45, 2.75) is 30.7 Å². The number of piperidine rings is 1. The van der Waals surface area contributed by atoms with E-state index in [-0.39, 0.29) is 4.90 Å². The summed E-state index contributed by atoms with van der Waals surface area (Å²) < 4.78 is 23.4. The highest BCUT2D eigenvalue weighted by Gasteiger charge is 2.24. The van der Waals surface area contributed by atoms with E-state index in [1.807, 2.05) is 19.1 Å². The molecule has 3 N–H and O–H groups in total. The van der Waals surface area contributed by atoms with E-state index in [2.05, 4.69) is 10.2 Å². The molecule has 1 unspecified atom stereocenters. The number of benzene rings is 1. The quantitative estimate of drug-likeness (QED) is 0.861. The third-order valence-corrected chi connectivity index (χ3v) is 4.49. The third-order valence-electron chi connectivity index (χ3n) is 3.53. The van der Waals surface area contributed by atoms with Gasteiger partial charge in [0.25, 0.3) is 0 Å². The standard InChI is InChI=1S/C13H21N3O2S/c1-2-16(11-6-5-9-15-10-11)12-7-3-4-8-13(12)19(14,17)18/h3-4,7-8,11,15H,2,5-6,9-10H2,1H3,(H2,14,17,18). The molecule has 0 aliphatic carbocycles. The van der Waals surface area contributed by atoms with Gasteiger partial charge in [0.2, 0.25) is 10.0 Å². The van der Waals surface area contributed by atoms with Crippen LogP contribution in [0.3, 0.4) is 0 Å². The zero-order valence-corrected chi connectivity index (χ0v) is 12.0. The largest absolute Gasteiger partial charge is 0.366 e. The van der Waals surface area contributed by atoms with E-state index in [1.165, 1.54) is 0 Å². The Labute approximate surface area is 114 Å². The molecule has 1 aliphatic heterocycles. The predicted octanol–water partition coefficient (Wildman–Crippen LogP) is 0.912. The van der Waals surface area contributed by atoms with E-state index in [0.29, 0.717) is 11.7 Å². The summed E-state index contributed by atoms with van der Waals surface area (Å²) in [6.45, 7) is 4.71. The lowest BCUT2D eigenvalue weighted by Gasteiger charge is -2.36. The van der Waals surface area contributed by atoms with Gasteiger partial charge in [0.05, 0.1) is 5.69 Å². The molecule has 1 fully saturated rings. The zero-order chi connectivity index (χ0) is 13.9. The Morgan fingerprint density at radius 2 is 2.16 bits per heavy atom. The summed E-state index contributed by atoms with van der Waals surface area (Å²) in [7, 11) is -3.69. The molecule has 19 heavy (non-hydrogen) atoms. The molecule has 0 saturated carbocycles. The molecule has 0 spiro atoms. The second-order valence-electron chi connectivity index (χ2n) is 4.80. The molecule has 0 amide bonds. The zero-order valence-electron chi connectivity index (χ0n) is 11.2. The maximum Gasteiger partial charge on any atom is 0.240 e. The lowest BCUT2D eigenvalue weighted by Crippen LogP contribution is -2.46. The Kier molecular flexibility index (Phi) is 4.44. The van der Waals surface area contributed by atoms with Gasteiger partial charge >= 0.3 is 0 Å². The number of likely N-dealkylation sites (N-methyl/N-ethyl adjacent to an activating group) is 1. The summed E-state index contributed by atoms with van der Waals surface area (Å²) in [6.07, 6.45) is 2.18. The number of primary sulfonamides is 1. The summed E-state index contributed by atoms with van der Waals surface area (Å²) >= 11 is 0. The lowest BCUT2D eigenvalue weighted by atomic mass is 10.0. The minimum absolute atomic E-state index is 0.211. The van der Waals surface area contributed by atoms with Crippen LogP contribution in [0.2, 0.25) is 0 Å². The van der Waals surface area contributed by atoms with Gasteiger partial charge in [0.1, 0.15) is 4.90 Å². The Balaban J connectivity index is 2.38. The minimum atomic E-state index is -3.69. The van der Waals surface area contributed by atoms with Crippen LogP contribution in [0.15, 0.2) is 29.2 Å². The third kappa shape index (κ3) is 3.26. The van der Waals surface area contributed by atoms with Gasteiger partial charge in [-0.25, -0.2) is 13.6 Å². The van der Waals surface area contributed by atoms with E-state index >= 15 is 0 Å². The van der Waals surface area contributed by atoms with Crippen LogP contribution in [-0.2, 0) is 10.0 Å². The smallest absolute Gasteiger partial charge is 0.240 e. The summed E-state index contributed by atoms with van der Waals surface area (Å²) in [4.78, 5) is 2.34. The first-order valence-corrected chi connectivity index (χ1v) is 8.18. The van der Waals surface area contributed by atoms with Gasteiger partial charge in [0.15, 0.2) is 0 Å². The van der Waals surface area contributed by atoms with Crippen LogP contribution in [0, 0.1) is 0 Å². The van der Waals surface area contributed by atoms with Crippen molar-refractivity contribution in [3.05, 3.63) is 24.3 Å². The molecule has 0 aromatic heterocycles. The van der Waals surface area contributed by atoms with Crippen molar-refractivity contribution >= 4 is 15.7 Å². The predicted molar refractivity (Wildman–Crippen MR) is 76.7 cm³/mol. The van der Waals surface area contributed by atoms with Gasteiger partial charge < -0.3 is 10.2 Å². The fourth-order valence-electron chi connectivity index (χ4n) is 2.66. The maximum absolute atomic E-state index is 11.7. The van der Waals surface area contributed by atoms with Crippen LogP contribution in [0.25, 0.3) is 0 Å². The molecule has 1 heterocycles. The molecule has 6 heteroatoms. The average molecular weight is 283 g/mol. The Morgan fingerprint density at radius 1 is 1.42 bits per heavy atom. The summed E-state index contributed by atoms with van der Waals surface area (Å²) in [5.74, 6) is 0. The summed E-state index contributed by atoms with van der Waals surface area (Å²) in [6, 6.07) is 7.28. The summed E-state index contributed by atoms with van der Waals surface area (Å²) in [5.41, 5.74) is 0.709. The molecule has 1 aliphatic rings. The molecular formula is C13H21N3O2S. The minimum Gasteiger partial charge on any atom is -0.366 e. The maximum atomic E-state index is 11.7. The SMILES string of the molecule is CCN(c1ccccc1S(N)(=O)=O)C1CCCNC1. The number of rotatable bonds is 4. The van der Waals surface area contributed by atoms with Crippen LogP contribution in [0.4, 0.5) is 5.69 Å². The van der Waals surface area contributed by atoms with Crippen LogP contribution in [0.1, 0.15) is 19.8 Å². The first-order chi connectivity index (χ1) is 9.04. The van der Waals surface area contributed by atoms with Gasteiger partial charge in [0, 0.05) is 19.1 Å². The van der Waals surface area contributed by atoms with Crippen LogP contribution in [0.5, 0.6) is 0 Å². The first kappa shape index (κ1) is 14.3. The van der Waals surface area contributed by atoms with Crippen molar-refractivity contribution in [1.29, 1.82) is 0 Å². The number of para-hydroxylation sites is 1. The highest BCUT2D eigenvalue weighted by molar-refractivity contribution is 7.89. The molecule has 2 rings (SSSR count).